The van der Waals surface area contributed by atoms with E-state index in [0.717, 1.165) is 51.5 Å². The van der Waals surface area contributed by atoms with Crippen LogP contribution in [0.5, 0.6) is 0 Å². The van der Waals surface area contributed by atoms with E-state index in [1.807, 2.05) is 13.2 Å². The Balaban J connectivity index is 0.000000362. The van der Waals surface area contributed by atoms with Crippen molar-refractivity contribution in [2.75, 3.05) is 47.0 Å². The number of halogens is 6. The number of piperidine rings is 1. The maximum atomic E-state index is 10.6. The van der Waals surface area contributed by atoms with Gasteiger partial charge in [0.15, 0.2) is 0 Å². The summed E-state index contributed by atoms with van der Waals surface area (Å²) in [5, 5.41) is 14.2. The van der Waals surface area contributed by atoms with Crippen molar-refractivity contribution in [1.82, 2.24) is 9.80 Å². The molecule has 2 aliphatic heterocycles. The minimum Gasteiger partial charge on any atom is -0.475 e. The molecule has 1 aromatic rings. The molecule has 35 heavy (non-hydrogen) atoms. The summed E-state index contributed by atoms with van der Waals surface area (Å²) < 4.78 is 79.9. The molecule has 0 unspecified atom stereocenters. The number of aliphatic carboxylic acids is 2. The summed E-state index contributed by atoms with van der Waals surface area (Å²) in [6.45, 7) is 6.01. The highest BCUT2D eigenvalue weighted by atomic mass is 19.4. The molecule has 202 valence electrons. The first kappa shape index (κ1) is 30.7. The van der Waals surface area contributed by atoms with Crippen LogP contribution >= 0.6 is 0 Å². The quantitative estimate of drug-likeness (QED) is 0.545. The van der Waals surface area contributed by atoms with Crippen LogP contribution in [-0.4, -0.2) is 103 Å². The van der Waals surface area contributed by atoms with E-state index in [1.54, 1.807) is 13.4 Å². The third kappa shape index (κ3) is 10.4. The van der Waals surface area contributed by atoms with Crippen molar-refractivity contribution in [3.8, 4) is 0 Å². The molecule has 1 aromatic heterocycles. The van der Waals surface area contributed by atoms with Crippen molar-refractivity contribution >= 4 is 11.9 Å². The fraction of sp³-hybridized carbons (Fsp3) is 0.700. The molecule has 9 nitrogen and oxygen atoms in total. The lowest BCUT2D eigenvalue weighted by Gasteiger charge is -2.40. The van der Waals surface area contributed by atoms with E-state index in [-0.39, 0.29) is 0 Å². The minimum atomic E-state index is -5.08. The van der Waals surface area contributed by atoms with Gasteiger partial charge in [-0.2, -0.15) is 26.3 Å². The first-order valence-electron chi connectivity index (χ1n) is 10.3. The lowest BCUT2D eigenvalue weighted by molar-refractivity contribution is -0.193. The Morgan fingerprint density at radius 2 is 1.66 bits per heavy atom. The van der Waals surface area contributed by atoms with E-state index in [4.69, 9.17) is 33.7 Å². The molecule has 0 spiro atoms. The van der Waals surface area contributed by atoms with E-state index >= 15 is 0 Å². The summed E-state index contributed by atoms with van der Waals surface area (Å²) in [7, 11) is 3.62. The summed E-state index contributed by atoms with van der Waals surface area (Å²) in [6, 6.07) is 4.59. The maximum Gasteiger partial charge on any atom is 0.490 e. The van der Waals surface area contributed by atoms with Gasteiger partial charge >= 0.3 is 24.3 Å². The Kier molecular flexibility index (Phi) is 12.0. The standard InChI is InChI=1S/C16H26N2O3.2C2HF3O2/c1-19-9-7-17-11-14-15(12-17)18(6-5-16(14)20-2)10-13-4-3-8-21-13;2*3-2(4,5)1(6)7/h3-4,8,14-16H,5-7,9-12H2,1-2H3;2*(H,6,7)/t14-,15+,16+;;/m0../s1. The molecule has 0 saturated carbocycles. The second kappa shape index (κ2) is 13.7. The Morgan fingerprint density at radius 1 is 1.09 bits per heavy atom. The van der Waals surface area contributed by atoms with Gasteiger partial charge in [-0.05, 0) is 18.6 Å². The van der Waals surface area contributed by atoms with Gasteiger partial charge < -0.3 is 24.1 Å². The van der Waals surface area contributed by atoms with Gasteiger partial charge in [-0.15, -0.1) is 0 Å². The zero-order valence-electron chi connectivity index (χ0n) is 19.0. The third-order valence-electron chi connectivity index (χ3n) is 5.39. The van der Waals surface area contributed by atoms with Gasteiger partial charge in [-0.25, -0.2) is 9.59 Å². The lowest BCUT2D eigenvalue weighted by atomic mass is 9.89. The Bertz CT molecular complexity index is 749. The van der Waals surface area contributed by atoms with Crippen LogP contribution in [0.3, 0.4) is 0 Å². The number of rotatable bonds is 6. The normalized spacial score (nSPS) is 22.9. The number of methoxy groups -OCH3 is 2. The minimum absolute atomic E-state index is 0.385. The van der Waals surface area contributed by atoms with Crippen molar-refractivity contribution in [3.05, 3.63) is 24.2 Å². The molecule has 0 aliphatic carbocycles. The smallest absolute Gasteiger partial charge is 0.475 e. The van der Waals surface area contributed by atoms with Crippen LogP contribution in [0.4, 0.5) is 26.3 Å². The van der Waals surface area contributed by atoms with Crippen molar-refractivity contribution in [2.45, 2.75) is 37.5 Å². The highest BCUT2D eigenvalue weighted by Gasteiger charge is 2.44. The molecule has 2 saturated heterocycles. The molecule has 3 rings (SSSR count). The van der Waals surface area contributed by atoms with Crippen molar-refractivity contribution in [2.24, 2.45) is 5.92 Å². The lowest BCUT2D eigenvalue weighted by Crippen LogP contribution is -2.50. The molecule has 2 aliphatic rings. The summed E-state index contributed by atoms with van der Waals surface area (Å²) in [6.07, 6.45) is -6.92. The second-order valence-corrected chi connectivity index (χ2v) is 7.70. The molecule has 0 aromatic carbocycles. The monoisotopic (exact) mass is 522 g/mol. The summed E-state index contributed by atoms with van der Waals surface area (Å²) in [4.78, 5) is 22.9. The number of likely N-dealkylation sites (tertiary alicyclic amines) is 2. The molecule has 0 amide bonds. The number of carboxylic acids is 2. The average molecular weight is 522 g/mol. The second-order valence-electron chi connectivity index (χ2n) is 7.70. The van der Waals surface area contributed by atoms with Crippen LogP contribution in [0.1, 0.15) is 12.2 Å². The topological polar surface area (TPSA) is 113 Å². The molecule has 2 N–H and O–H groups in total. The number of carboxylic acid groups (broad SMARTS) is 2. The molecular weight excluding hydrogens is 494 g/mol. The Morgan fingerprint density at radius 3 is 2.09 bits per heavy atom. The number of hydrogen-bond acceptors (Lipinski definition) is 7. The van der Waals surface area contributed by atoms with Gasteiger partial charge in [0, 0.05) is 52.4 Å². The molecule has 3 heterocycles. The number of nitrogens with zero attached hydrogens (tertiary/aromatic N) is 2. The average Bonchev–Trinajstić information content (AvgIpc) is 3.42. The largest absolute Gasteiger partial charge is 0.490 e. The van der Waals surface area contributed by atoms with Gasteiger partial charge in [0.1, 0.15) is 5.76 Å². The van der Waals surface area contributed by atoms with Crippen LogP contribution in [0, 0.1) is 5.92 Å². The fourth-order valence-corrected chi connectivity index (χ4v) is 3.81. The zero-order valence-corrected chi connectivity index (χ0v) is 19.0. The Labute approximate surface area is 197 Å². The van der Waals surface area contributed by atoms with E-state index in [0.29, 0.717) is 18.1 Å². The third-order valence-corrected chi connectivity index (χ3v) is 5.39. The van der Waals surface area contributed by atoms with Gasteiger partial charge in [-0.3, -0.25) is 9.80 Å². The van der Waals surface area contributed by atoms with Crippen molar-refractivity contribution in [3.63, 3.8) is 0 Å². The first-order chi connectivity index (χ1) is 16.2. The van der Waals surface area contributed by atoms with Gasteiger partial charge in [0.25, 0.3) is 0 Å². The van der Waals surface area contributed by atoms with Crippen LogP contribution < -0.4 is 0 Å². The zero-order chi connectivity index (χ0) is 26.8. The fourth-order valence-electron chi connectivity index (χ4n) is 3.81. The number of ether oxygens (including phenoxy) is 2. The van der Waals surface area contributed by atoms with Crippen LogP contribution in [0.2, 0.25) is 0 Å². The summed E-state index contributed by atoms with van der Waals surface area (Å²) in [5.74, 6) is -3.87. The Hall–Kier alpha value is -2.36. The molecule has 0 radical (unpaired) electrons. The number of carbonyl (C=O) groups is 2. The van der Waals surface area contributed by atoms with Crippen molar-refractivity contribution < 1.29 is 60.0 Å². The SMILES string of the molecule is COCCN1C[C@H]2[C@@H](C1)N(Cc1ccco1)CC[C@H]2OC.O=C(O)C(F)(F)F.O=C(O)C(F)(F)F. The highest BCUT2D eigenvalue weighted by molar-refractivity contribution is 5.73. The van der Waals surface area contributed by atoms with Crippen LogP contribution in [-0.2, 0) is 25.6 Å². The molecule has 15 heteroatoms. The predicted molar refractivity (Wildman–Crippen MR) is 108 cm³/mol. The molecule has 0 bridgehead atoms. The predicted octanol–water partition coefficient (Wildman–Crippen LogP) is 2.71. The molecule has 3 atom stereocenters. The maximum absolute atomic E-state index is 10.6. The number of fused-ring (bicyclic) bond motifs is 1. The van der Waals surface area contributed by atoms with E-state index in [1.165, 1.54) is 0 Å². The van der Waals surface area contributed by atoms with E-state index < -0.39 is 24.3 Å². The van der Waals surface area contributed by atoms with Gasteiger partial charge in [-0.1, -0.05) is 0 Å². The van der Waals surface area contributed by atoms with Crippen LogP contribution in [0.15, 0.2) is 22.8 Å². The summed E-state index contributed by atoms with van der Waals surface area (Å²) >= 11 is 0. The van der Waals surface area contributed by atoms with Crippen molar-refractivity contribution in [1.29, 1.82) is 0 Å². The number of hydrogen-bond donors (Lipinski definition) is 2. The first-order valence-corrected chi connectivity index (χ1v) is 10.3. The number of alkyl halides is 6. The van der Waals surface area contributed by atoms with Crippen LogP contribution in [0.25, 0.3) is 0 Å². The van der Waals surface area contributed by atoms with E-state index in [2.05, 4.69) is 15.9 Å². The van der Waals surface area contributed by atoms with E-state index in [9.17, 15) is 26.3 Å². The highest BCUT2D eigenvalue weighted by Crippen LogP contribution is 2.33. The van der Waals surface area contributed by atoms with Gasteiger partial charge in [0.05, 0.1) is 25.5 Å². The molecule has 2 fully saturated rings. The van der Waals surface area contributed by atoms with Gasteiger partial charge in [0.2, 0.25) is 0 Å². The summed E-state index contributed by atoms with van der Waals surface area (Å²) in [5.41, 5.74) is 0. The number of furan rings is 1. The molecular formula is C20H28F6N2O7.